The third kappa shape index (κ3) is 4.53. The largest absolute Gasteiger partial charge is 0.379 e. The minimum absolute atomic E-state index is 0.110. The van der Waals surface area contributed by atoms with Gasteiger partial charge in [0.2, 0.25) is 0 Å². The Morgan fingerprint density at radius 3 is 3.00 bits per heavy atom. The van der Waals surface area contributed by atoms with E-state index < -0.39 is 0 Å². The highest BCUT2D eigenvalue weighted by molar-refractivity contribution is 7.80. The van der Waals surface area contributed by atoms with Crippen LogP contribution in [-0.4, -0.2) is 17.3 Å². The van der Waals surface area contributed by atoms with Crippen molar-refractivity contribution in [3.8, 4) is 0 Å². The lowest BCUT2D eigenvalue weighted by molar-refractivity contribution is 0.100. The average Bonchev–Trinajstić information content (AvgIpc) is 2.70. The van der Waals surface area contributed by atoms with Gasteiger partial charge in [-0.1, -0.05) is 31.6 Å². The van der Waals surface area contributed by atoms with E-state index >= 15 is 0 Å². The van der Waals surface area contributed by atoms with Crippen LogP contribution in [0.2, 0.25) is 0 Å². The summed E-state index contributed by atoms with van der Waals surface area (Å²) in [6, 6.07) is 3.72. The van der Waals surface area contributed by atoms with Crippen LogP contribution in [0.3, 0.4) is 0 Å². The fourth-order valence-corrected chi connectivity index (χ4v) is 2.03. The second-order valence-corrected chi connectivity index (χ2v) is 4.72. The molecule has 0 spiro atoms. The van der Waals surface area contributed by atoms with E-state index in [1.807, 2.05) is 17.5 Å². The Morgan fingerprint density at radius 1 is 1.60 bits per heavy atom. The zero-order valence-corrected chi connectivity index (χ0v) is 10.4. The lowest BCUT2D eigenvalue weighted by Gasteiger charge is -2.05. The standard InChI is InChI=1S/C11H15NOS2/c1-2-3-6-12-11(14)8-9(13)10-5-4-7-15-10/h4-5,7H,2-3,6,8H2,1H3,(H,12,14). The van der Waals surface area contributed by atoms with Crippen LogP contribution in [0.5, 0.6) is 0 Å². The molecular formula is C11H15NOS2. The second kappa shape index (κ2) is 6.69. The highest BCUT2D eigenvalue weighted by Gasteiger charge is 2.08. The highest BCUT2D eigenvalue weighted by Crippen LogP contribution is 2.11. The molecule has 1 aromatic rings. The number of Topliss-reactive ketones (excluding diaryl/α,β-unsaturated/α-hetero) is 1. The molecule has 0 amide bonds. The van der Waals surface area contributed by atoms with Crippen molar-refractivity contribution in [1.82, 2.24) is 5.32 Å². The van der Waals surface area contributed by atoms with Gasteiger partial charge in [0.15, 0.2) is 5.78 Å². The number of carbonyl (C=O) groups excluding carboxylic acids is 1. The summed E-state index contributed by atoms with van der Waals surface area (Å²) < 4.78 is 0. The van der Waals surface area contributed by atoms with E-state index in [4.69, 9.17) is 12.2 Å². The molecular weight excluding hydrogens is 226 g/mol. The molecule has 82 valence electrons. The first-order valence-electron chi connectivity index (χ1n) is 5.07. The van der Waals surface area contributed by atoms with Gasteiger partial charge in [0.25, 0.3) is 0 Å². The second-order valence-electron chi connectivity index (χ2n) is 3.28. The summed E-state index contributed by atoms with van der Waals surface area (Å²) in [6.45, 7) is 2.99. The van der Waals surface area contributed by atoms with E-state index in [1.54, 1.807) is 0 Å². The number of unbranched alkanes of at least 4 members (excludes halogenated alkanes) is 1. The zero-order valence-electron chi connectivity index (χ0n) is 8.79. The van der Waals surface area contributed by atoms with Gasteiger partial charge < -0.3 is 5.32 Å². The van der Waals surface area contributed by atoms with Crippen molar-refractivity contribution in [2.45, 2.75) is 26.2 Å². The molecule has 0 aliphatic heterocycles. The van der Waals surface area contributed by atoms with E-state index in [9.17, 15) is 4.79 Å². The Labute approximate surface area is 99.7 Å². The molecule has 0 fully saturated rings. The number of hydrogen-bond donors (Lipinski definition) is 1. The van der Waals surface area contributed by atoms with Crippen molar-refractivity contribution in [3.63, 3.8) is 0 Å². The molecule has 0 aromatic carbocycles. The topological polar surface area (TPSA) is 29.1 Å². The minimum Gasteiger partial charge on any atom is -0.379 e. The molecule has 0 aliphatic rings. The Balaban J connectivity index is 2.29. The quantitative estimate of drug-likeness (QED) is 0.471. The molecule has 1 N–H and O–H groups in total. The summed E-state index contributed by atoms with van der Waals surface area (Å²) >= 11 is 6.55. The summed E-state index contributed by atoms with van der Waals surface area (Å²) in [4.78, 5) is 13.1. The van der Waals surface area contributed by atoms with Gasteiger partial charge in [-0.25, -0.2) is 0 Å². The Kier molecular flexibility index (Phi) is 5.50. The van der Waals surface area contributed by atoms with Gasteiger partial charge >= 0.3 is 0 Å². The summed E-state index contributed by atoms with van der Waals surface area (Å²) in [5.41, 5.74) is 0. The van der Waals surface area contributed by atoms with Crippen molar-refractivity contribution in [1.29, 1.82) is 0 Å². The first-order valence-corrected chi connectivity index (χ1v) is 6.36. The van der Waals surface area contributed by atoms with Crippen molar-refractivity contribution < 1.29 is 4.79 Å². The van der Waals surface area contributed by atoms with Gasteiger partial charge in [0, 0.05) is 6.54 Å². The summed E-state index contributed by atoms with van der Waals surface area (Å²) in [7, 11) is 0. The number of ketones is 1. The van der Waals surface area contributed by atoms with E-state index in [0.717, 1.165) is 24.3 Å². The molecule has 0 saturated heterocycles. The van der Waals surface area contributed by atoms with Crippen LogP contribution in [0.1, 0.15) is 35.9 Å². The van der Waals surface area contributed by atoms with Gasteiger partial charge in [-0.3, -0.25) is 4.79 Å². The third-order valence-electron chi connectivity index (χ3n) is 1.97. The van der Waals surface area contributed by atoms with E-state index in [2.05, 4.69) is 12.2 Å². The van der Waals surface area contributed by atoms with Crippen molar-refractivity contribution in [2.24, 2.45) is 0 Å². The molecule has 0 unspecified atom stereocenters. The number of nitrogens with one attached hydrogen (secondary N) is 1. The fraction of sp³-hybridized carbons (Fsp3) is 0.455. The van der Waals surface area contributed by atoms with Crippen LogP contribution in [0.4, 0.5) is 0 Å². The van der Waals surface area contributed by atoms with Gasteiger partial charge in [-0.15, -0.1) is 11.3 Å². The van der Waals surface area contributed by atoms with Crippen LogP contribution in [-0.2, 0) is 0 Å². The molecule has 1 aromatic heterocycles. The van der Waals surface area contributed by atoms with Gasteiger partial charge in [0.1, 0.15) is 0 Å². The lowest BCUT2D eigenvalue weighted by Crippen LogP contribution is -2.24. The molecule has 0 radical (unpaired) electrons. The predicted molar refractivity (Wildman–Crippen MR) is 68.8 cm³/mol. The maximum absolute atomic E-state index is 11.6. The number of hydrogen-bond acceptors (Lipinski definition) is 3. The summed E-state index contributed by atoms with van der Waals surface area (Å²) in [6.07, 6.45) is 2.56. The molecule has 4 heteroatoms. The van der Waals surface area contributed by atoms with Crippen LogP contribution < -0.4 is 5.32 Å². The van der Waals surface area contributed by atoms with Gasteiger partial charge in [-0.05, 0) is 17.9 Å². The maximum atomic E-state index is 11.6. The molecule has 0 saturated carbocycles. The number of carbonyl (C=O) groups is 1. The normalized spacial score (nSPS) is 9.93. The Hall–Kier alpha value is -0.740. The first kappa shape index (κ1) is 12.3. The molecule has 0 bridgehead atoms. The highest BCUT2D eigenvalue weighted by atomic mass is 32.1. The van der Waals surface area contributed by atoms with Crippen LogP contribution in [0.15, 0.2) is 17.5 Å². The number of thiocarbonyl (C=S) groups is 1. The number of thiophene rings is 1. The molecule has 1 heterocycles. The smallest absolute Gasteiger partial charge is 0.179 e. The maximum Gasteiger partial charge on any atom is 0.179 e. The third-order valence-corrected chi connectivity index (χ3v) is 3.17. The Morgan fingerprint density at radius 2 is 2.40 bits per heavy atom. The lowest BCUT2D eigenvalue weighted by atomic mass is 10.2. The SMILES string of the molecule is CCCCNC(=S)CC(=O)c1cccs1. The predicted octanol–water partition coefficient (Wildman–Crippen LogP) is 3.04. The van der Waals surface area contributed by atoms with E-state index in [1.165, 1.54) is 11.3 Å². The van der Waals surface area contributed by atoms with Crippen LogP contribution in [0, 0.1) is 0 Å². The van der Waals surface area contributed by atoms with Crippen molar-refractivity contribution in [2.75, 3.05) is 6.54 Å². The fourth-order valence-electron chi connectivity index (χ4n) is 1.14. The Bertz CT molecular complexity index is 319. The van der Waals surface area contributed by atoms with Gasteiger partial charge in [-0.2, -0.15) is 0 Å². The summed E-state index contributed by atoms with van der Waals surface area (Å²) in [5, 5.41) is 5.00. The zero-order chi connectivity index (χ0) is 11.1. The molecule has 0 aliphatic carbocycles. The summed E-state index contributed by atoms with van der Waals surface area (Å²) in [5.74, 6) is 0.110. The van der Waals surface area contributed by atoms with Crippen LogP contribution in [0.25, 0.3) is 0 Å². The minimum atomic E-state index is 0.110. The van der Waals surface area contributed by atoms with E-state index in [0.29, 0.717) is 11.4 Å². The first-order chi connectivity index (χ1) is 7.24. The molecule has 0 atom stereocenters. The van der Waals surface area contributed by atoms with Crippen molar-refractivity contribution in [3.05, 3.63) is 22.4 Å². The van der Waals surface area contributed by atoms with Crippen LogP contribution >= 0.6 is 23.6 Å². The molecule has 1 rings (SSSR count). The molecule has 2 nitrogen and oxygen atoms in total. The van der Waals surface area contributed by atoms with E-state index in [-0.39, 0.29) is 5.78 Å². The van der Waals surface area contributed by atoms with Crippen molar-refractivity contribution >= 4 is 34.3 Å². The van der Waals surface area contributed by atoms with Gasteiger partial charge in [0.05, 0.1) is 16.3 Å². The molecule has 15 heavy (non-hydrogen) atoms. The monoisotopic (exact) mass is 241 g/mol. The number of rotatable bonds is 6. The average molecular weight is 241 g/mol.